The highest BCUT2D eigenvalue weighted by molar-refractivity contribution is 9.10. The summed E-state index contributed by atoms with van der Waals surface area (Å²) in [5, 5.41) is 31.2. The molecule has 5 atom stereocenters. The van der Waals surface area contributed by atoms with Crippen LogP contribution in [-0.2, 0) is 9.53 Å². The molecule has 0 aromatic heterocycles. The van der Waals surface area contributed by atoms with Crippen LogP contribution in [0.2, 0.25) is 0 Å². The molecule has 1 fully saturated rings. The molecule has 170 valence electrons. The van der Waals surface area contributed by atoms with Crippen LogP contribution in [0.5, 0.6) is 0 Å². The molecule has 3 N–H and O–H groups in total. The van der Waals surface area contributed by atoms with Gasteiger partial charge in [-0.15, -0.1) is 11.8 Å². The second kappa shape index (κ2) is 13.7. The lowest BCUT2D eigenvalue weighted by Crippen LogP contribution is -2.24. The highest BCUT2D eigenvalue weighted by atomic mass is 79.9. The van der Waals surface area contributed by atoms with Crippen LogP contribution in [-0.4, -0.2) is 52.5 Å². The summed E-state index contributed by atoms with van der Waals surface area (Å²) in [4.78, 5) is 12.2. The summed E-state index contributed by atoms with van der Waals surface area (Å²) in [6.45, 7) is 0. The molecule has 1 aromatic rings. The molecule has 0 spiro atoms. The predicted molar refractivity (Wildman–Crippen MR) is 123 cm³/mol. The number of benzene rings is 1. The minimum absolute atomic E-state index is 0.0400. The van der Waals surface area contributed by atoms with Crippen LogP contribution < -0.4 is 0 Å². The molecule has 0 aliphatic heterocycles. The third-order valence-corrected chi connectivity index (χ3v) is 8.19. The van der Waals surface area contributed by atoms with E-state index in [1.54, 1.807) is 11.8 Å². The Balaban J connectivity index is 1.70. The zero-order valence-electron chi connectivity index (χ0n) is 17.7. The molecule has 30 heavy (non-hydrogen) atoms. The van der Waals surface area contributed by atoms with E-state index in [1.807, 2.05) is 24.3 Å². The zero-order chi connectivity index (χ0) is 21.9. The van der Waals surface area contributed by atoms with Gasteiger partial charge in [0.05, 0.1) is 25.4 Å². The summed E-state index contributed by atoms with van der Waals surface area (Å²) in [6, 6.07) is 7.97. The van der Waals surface area contributed by atoms with E-state index in [0.29, 0.717) is 25.0 Å². The van der Waals surface area contributed by atoms with Crippen molar-refractivity contribution in [3.63, 3.8) is 0 Å². The average molecular weight is 503 g/mol. The molecule has 1 aromatic carbocycles. The van der Waals surface area contributed by atoms with Crippen molar-refractivity contribution in [2.24, 2.45) is 11.8 Å². The van der Waals surface area contributed by atoms with Crippen molar-refractivity contribution in [2.45, 2.75) is 81.0 Å². The Morgan fingerprint density at radius 1 is 1.13 bits per heavy atom. The summed E-state index contributed by atoms with van der Waals surface area (Å²) in [7, 11) is 1.41. The van der Waals surface area contributed by atoms with Gasteiger partial charge in [-0.05, 0) is 72.0 Å². The summed E-state index contributed by atoms with van der Waals surface area (Å²) in [5.41, 5.74) is 0. The Bertz CT molecular complexity index is 644. The van der Waals surface area contributed by atoms with Crippen molar-refractivity contribution in [2.75, 3.05) is 12.9 Å². The van der Waals surface area contributed by atoms with Crippen molar-refractivity contribution in [3.05, 3.63) is 28.7 Å². The lowest BCUT2D eigenvalue weighted by Gasteiger charge is -2.24. The van der Waals surface area contributed by atoms with E-state index in [2.05, 4.69) is 20.7 Å². The Morgan fingerprint density at radius 2 is 1.80 bits per heavy atom. The van der Waals surface area contributed by atoms with Gasteiger partial charge < -0.3 is 20.1 Å². The number of halogens is 1. The number of thioether (sulfide) groups is 1. The maximum atomic E-state index is 11.1. The summed E-state index contributed by atoms with van der Waals surface area (Å²) in [5.74, 6) is 0.571. The number of ether oxygens (including phenoxy) is 1. The van der Waals surface area contributed by atoms with Crippen molar-refractivity contribution >= 4 is 33.7 Å². The normalized spacial score (nSPS) is 24.7. The van der Waals surface area contributed by atoms with Gasteiger partial charge in [0.15, 0.2) is 0 Å². The van der Waals surface area contributed by atoms with E-state index < -0.39 is 18.3 Å². The molecule has 1 saturated carbocycles. The maximum Gasteiger partial charge on any atom is 0.305 e. The molecule has 2 rings (SSSR count). The quantitative estimate of drug-likeness (QED) is 0.208. The second-order valence-corrected chi connectivity index (χ2v) is 10.1. The van der Waals surface area contributed by atoms with Crippen LogP contribution in [0.25, 0.3) is 0 Å². The van der Waals surface area contributed by atoms with Crippen molar-refractivity contribution in [1.29, 1.82) is 0 Å². The Labute approximate surface area is 192 Å². The first kappa shape index (κ1) is 25.7. The molecule has 2 unspecified atom stereocenters. The number of hydrogen-bond acceptors (Lipinski definition) is 6. The van der Waals surface area contributed by atoms with Gasteiger partial charge in [0.1, 0.15) is 0 Å². The zero-order valence-corrected chi connectivity index (χ0v) is 20.1. The summed E-state index contributed by atoms with van der Waals surface area (Å²) >= 11 is 5.15. The number of methoxy groups -OCH3 is 1. The number of carbonyl (C=O) groups is 1. The van der Waals surface area contributed by atoms with E-state index in [-0.39, 0.29) is 17.8 Å². The molecule has 1 aliphatic rings. The molecular formula is C23H35BrO5S. The predicted octanol–water partition coefficient (Wildman–Crippen LogP) is 4.55. The van der Waals surface area contributed by atoms with Gasteiger partial charge in [-0.25, -0.2) is 0 Å². The first-order valence-corrected chi connectivity index (χ1v) is 12.7. The molecule has 7 heteroatoms. The number of esters is 1. The van der Waals surface area contributed by atoms with Gasteiger partial charge in [-0.1, -0.05) is 31.4 Å². The van der Waals surface area contributed by atoms with Gasteiger partial charge in [-0.2, -0.15) is 0 Å². The Hall–Kier alpha value is -0.600. The fraction of sp³-hybridized carbons (Fsp3) is 0.696. The molecule has 0 bridgehead atoms. The minimum atomic E-state index is -0.493. The molecule has 1 aliphatic carbocycles. The van der Waals surface area contributed by atoms with Crippen molar-refractivity contribution in [3.8, 4) is 0 Å². The number of aliphatic hydroxyl groups is 3. The number of rotatable bonds is 13. The van der Waals surface area contributed by atoms with Crippen LogP contribution in [0.3, 0.4) is 0 Å². The van der Waals surface area contributed by atoms with E-state index in [1.165, 1.54) is 7.11 Å². The van der Waals surface area contributed by atoms with E-state index in [0.717, 1.165) is 47.9 Å². The van der Waals surface area contributed by atoms with Crippen LogP contribution in [0, 0.1) is 11.8 Å². The first-order valence-electron chi connectivity index (χ1n) is 10.9. The third-order valence-electron chi connectivity index (χ3n) is 6.02. The summed E-state index contributed by atoms with van der Waals surface area (Å²) < 4.78 is 5.68. The van der Waals surface area contributed by atoms with Crippen molar-refractivity contribution in [1.82, 2.24) is 0 Å². The van der Waals surface area contributed by atoms with Crippen molar-refractivity contribution < 1.29 is 24.9 Å². The van der Waals surface area contributed by atoms with Gasteiger partial charge >= 0.3 is 5.97 Å². The number of aliphatic hydroxyl groups excluding tert-OH is 3. The smallest absolute Gasteiger partial charge is 0.305 e. The van der Waals surface area contributed by atoms with Gasteiger partial charge in [0, 0.05) is 21.5 Å². The SMILES string of the molecule is COC(=O)CCCCCCC1[C@@H](CCC(O)CSc2ccccc2Br)[C@H](O)C[C@@H]1O. The topological polar surface area (TPSA) is 87.0 Å². The van der Waals surface area contributed by atoms with Gasteiger partial charge in [0.25, 0.3) is 0 Å². The highest BCUT2D eigenvalue weighted by Crippen LogP contribution is 2.39. The fourth-order valence-electron chi connectivity index (χ4n) is 4.30. The standard InChI is InChI=1S/C23H35BrO5S/c1-29-23(28)11-5-3-2-4-8-17-18(21(27)14-20(17)26)13-12-16(25)15-30-22-10-7-6-9-19(22)24/h6-7,9-10,16-18,20-21,25-27H,2-5,8,11-15H2,1H3/t16?,17?,18-,20+,21-/m1/s1. The molecule has 0 heterocycles. The van der Waals surface area contributed by atoms with Gasteiger partial charge in [0.2, 0.25) is 0 Å². The lowest BCUT2D eigenvalue weighted by molar-refractivity contribution is -0.140. The molecule has 0 amide bonds. The Kier molecular flexibility index (Phi) is 11.7. The minimum Gasteiger partial charge on any atom is -0.469 e. The molecule has 0 saturated heterocycles. The van der Waals surface area contributed by atoms with Gasteiger partial charge in [-0.3, -0.25) is 4.79 Å². The first-order chi connectivity index (χ1) is 14.4. The third kappa shape index (κ3) is 8.50. The molecule has 0 radical (unpaired) electrons. The van der Waals surface area contributed by atoms with Crippen LogP contribution in [0.1, 0.15) is 57.8 Å². The number of unbranched alkanes of at least 4 members (excludes halogenated alkanes) is 3. The Morgan fingerprint density at radius 3 is 2.50 bits per heavy atom. The fourth-order valence-corrected chi connectivity index (χ4v) is 5.85. The number of hydrogen-bond donors (Lipinski definition) is 3. The lowest BCUT2D eigenvalue weighted by atomic mass is 9.85. The van der Waals surface area contributed by atoms with Crippen LogP contribution >= 0.6 is 27.7 Å². The monoisotopic (exact) mass is 502 g/mol. The van der Waals surface area contributed by atoms with E-state index in [4.69, 9.17) is 0 Å². The van der Waals surface area contributed by atoms with E-state index >= 15 is 0 Å². The van der Waals surface area contributed by atoms with Crippen LogP contribution in [0.4, 0.5) is 0 Å². The molecule has 5 nitrogen and oxygen atoms in total. The van der Waals surface area contributed by atoms with E-state index in [9.17, 15) is 20.1 Å². The second-order valence-electron chi connectivity index (χ2n) is 8.20. The highest BCUT2D eigenvalue weighted by Gasteiger charge is 2.40. The average Bonchev–Trinajstić information content (AvgIpc) is 3.00. The maximum absolute atomic E-state index is 11.1. The number of carbonyl (C=O) groups excluding carboxylic acids is 1. The molecular weight excluding hydrogens is 468 g/mol. The largest absolute Gasteiger partial charge is 0.469 e. The summed E-state index contributed by atoms with van der Waals surface area (Å²) in [6.07, 6.45) is 5.50. The van der Waals surface area contributed by atoms with Crippen LogP contribution in [0.15, 0.2) is 33.6 Å².